The van der Waals surface area contributed by atoms with E-state index in [4.69, 9.17) is 4.42 Å². The zero-order valence-corrected chi connectivity index (χ0v) is 16.9. The van der Waals surface area contributed by atoms with E-state index >= 15 is 0 Å². The van der Waals surface area contributed by atoms with Gasteiger partial charge in [0, 0.05) is 43.7 Å². The number of aryl methyl sites for hydroxylation is 1. The molecular formula is C20H17F2N9O. The van der Waals surface area contributed by atoms with E-state index in [1.165, 1.54) is 10.6 Å². The number of aromatic nitrogens is 8. The van der Waals surface area contributed by atoms with Crippen LogP contribution in [0, 0.1) is 0 Å². The van der Waals surface area contributed by atoms with Gasteiger partial charge < -0.3 is 14.3 Å². The fourth-order valence-corrected chi connectivity index (χ4v) is 4.14. The molecule has 0 amide bonds. The van der Waals surface area contributed by atoms with Crippen LogP contribution in [-0.2, 0) is 13.5 Å². The second-order valence-corrected chi connectivity index (χ2v) is 7.57. The number of rotatable bonds is 4. The Balaban J connectivity index is 1.46. The van der Waals surface area contributed by atoms with Crippen molar-refractivity contribution in [3.8, 4) is 11.5 Å². The quantitative estimate of drug-likeness (QED) is 0.461. The number of nitrogens with zero attached hydrogens (tertiary/aromatic N) is 8. The molecule has 1 atom stereocenters. The predicted octanol–water partition coefficient (Wildman–Crippen LogP) is 2.93. The highest BCUT2D eigenvalue weighted by Crippen LogP contribution is 2.37. The van der Waals surface area contributed by atoms with Crippen LogP contribution in [0.3, 0.4) is 0 Å². The van der Waals surface area contributed by atoms with E-state index in [0.29, 0.717) is 41.6 Å². The molecule has 1 aliphatic heterocycles. The van der Waals surface area contributed by atoms with Crippen molar-refractivity contribution in [3.63, 3.8) is 0 Å². The summed E-state index contributed by atoms with van der Waals surface area (Å²) < 4.78 is 36.1. The maximum Gasteiger partial charge on any atom is 0.319 e. The fraction of sp³-hybridized carbons (Fsp3) is 0.250. The molecule has 5 aromatic rings. The molecule has 32 heavy (non-hydrogen) atoms. The van der Waals surface area contributed by atoms with Crippen molar-refractivity contribution >= 4 is 11.5 Å². The van der Waals surface area contributed by atoms with Gasteiger partial charge in [-0.05, 0) is 18.2 Å². The summed E-state index contributed by atoms with van der Waals surface area (Å²) in [6, 6.07) is 4.46. The van der Waals surface area contributed by atoms with Gasteiger partial charge in [0.1, 0.15) is 6.04 Å². The van der Waals surface area contributed by atoms with E-state index in [-0.39, 0.29) is 5.56 Å². The SMILES string of the molecule is Cn1cc(-c2nnc(N3CCc4[nH]cnc4C3c3cc4c(C(F)F)cccn4n3)o2)cn1. The summed E-state index contributed by atoms with van der Waals surface area (Å²) in [5.41, 5.74) is 3.25. The zero-order chi connectivity index (χ0) is 21.8. The predicted molar refractivity (Wildman–Crippen MR) is 108 cm³/mol. The van der Waals surface area contributed by atoms with Crippen LogP contribution in [-0.4, -0.2) is 46.1 Å². The number of pyridine rings is 1. The Morgan fingerprint density at radius 3 is 3.00 bits per heavy atom. The van der Waals surface area contributed by atoms with Gasteiger partial charge in [0.2, 0.25) is 0 Å². The molecular weight excluding hydrogens is 420 g/mol. The Kier molecular flexibility index (Phi) is 4.06. The van der Waals surface area contributed by atoms with E-state index in [0.717, 1.165) is 11.4 Å². The first kappa shape index (κ1) is 18.7. The van der Waals surface area contributed by atoms with Gasteiger partial charge in [0.15, 0.2) is 0 Å². The highest BCUT2D eigenvalue weighted by molar-refractivity contribution is 5.58. The minimum Gasteiger partial charge on any atom is -0.403 e. The van der Waals surface area contributed by atoms with Crippen LogP contribution in [0.5, 0.6) is 0 Å². The second-order valence-electron chi connectivity index (χ2n) is 7.57. The Morgan fingerprint density at radius 1 is 1.28 bits per heavy atom. The molecule has 6 heterocycles. The maximum atomic E-state index is 13.5. The first-order valence-corrected chi connectivity index (χ1v) is 9.96. The Labute approximate surface area is 179 Å². The minimum absolute atomic E-state index is 0.0764. The van der Waals surface area contributed by atoms with Crippen LogP contribution < -0.4 is 4.90 Å². The van der Waals surface area contributed by atoms with E-state index in [1.807, 2.05) is 4.90 Å². The van der Waals surface area contributed by atoms with Crippen LogP contribution in [0.4, 0.5) is 14.8 Å². The largest absolute Gasteiger partial charge is 0.403 e. The van der Waals surface area contributed by atoms with Crippen LogP contribution in [0.1, 0.15) is 35.1 Å². The van der Waals surface area contributed by atoms with Crippen molar-refractivity contribution in [3.05, 3.63) is 65.8 Å². The number of halogens is 2. The lowest BCUT2D eigenvalue weighted by Gasteiger charge is -2.32. The molecule has 0 fully saturated rings. The van der Waals surface area contributed by atoms with Gasteiger partial charge in [-0.1, -0.05) is 5.10 Å². The van der Waals surface area contributed by atoms with Gasteiger partial charge in [0.05, 0.1) is 35.0 Å². The molecule has 162 valence electrons. The van der Waals surface area contributed by atoms with Crippen molar-refractivity contribution in [2.45, 2.75) is 18.9 Å². The second kappa shape index (κ2) is 6.97. The van der Waals surface area contributed by atoms with Crippen LogP contribution in [0.2, 0.25) is 0 Å². The summed E-state index contributed by atoms with van der Waals surface area (Å²) in [5.74, 6) is 0.342. The zero-order valence-electron chi connectivity index (χ0n) is 16.9. The number of H-pyrrole nitrogens is 1. The first-order valence-electron chi connectivity index (χ1n) is 9.96. The number of hydrogen-bond acceptors (Lipinski definition) is 7. The number of fused-ring (bicyclic) bond motifs is 2. The summed E-state index contributed by atoms with van der Waals surface area (Å²) in [6.07, 6.45) is 4.78. The van der Waals surface area contributed by atoms with Gasteiger partial charge in [-0.25, -0.2) is 18.3 Å². The number of aromatic amines is 1. The molecule has 0 saturated carbocycles. The van der Waals surface area contributed by atoms with E-state index in [9.17, 15) is 8.78 Å². The molecule has 0 radical (unpaired) electrons. The minimum atomic E-state index is -2.61. The number of alkyl halides is 2. The third-order valence-corrected chi connectivity index (χ3v) is 5.61. The van der Waals surface area contributed by atoms with Gasteiger partial charge >= 0.3 is 6.01 Å². The molecule has 6 rings (SSSR count). The highest BCUT2D eigenvalue weighted by Gasteiger charge is 2.36. The average molecular weight is 437 g/mol. The molecule has 0 aromatic carbocycles. The van der Waals surface area contributed by atoms with Gasteiger partial charge in [0.25, 0.3) is 12.3 Å². The topological polar surface area (TPSA) is 106 Å². The normalized spacial score (nSPS) is 16.2. The Morgan fingerprint density at radius 2 is 2.19 bits per heavy atom. The molecule has 1 N–H and O–H groups in total. The number of hydrogen-bond donors (Lipinski definition) is 1. The lowest BCUT2D eigenvalue weighted by Crippen LogP contribution is -2.36. The summed E-state index contributed by atoms with van der Waals surface area (Å²) in [7, 11) is 1.80. The molecule has 0 bridgehead atoms. The molecule has 5 aromatic heterocycles. The van der Waals surface area contributed by atoms with Crippen molar-refractivity contribution in [1.29, 1.82) is 0 Å². The smallest absolute Gasteiger partial charge is 0.319 e. The van der Waals surface area contributed by atoms with Crippen molar-refractivity contribution < 1.29 is 13.2 Å². The lowest BCUT2D eigenvalue weighted by atomic mass is 10.00. The van der Waals surface area contributed by atoms with E-state index in [1.54, 1.807) is 48.8 Å². The summed E-state index contributed by atoms with van der Waals surface area (Å²) in [4.78, 5) is 9.55. The summed E-state index contributed by atoms with van der Waals surface area (Å²) in [5, 5.41) is 17.1. The van der Waals surface area contributed by atoms with Gasteiger partial charge in [-0.15, -0.1) is 5.10 Å². The molecule has 1 unspecified atom stereocenters. The molecule has 12 heteroatoms. The van der Waals surface area contributed by atoms with Crippen molar-refractivity contribution in [2.75, 3.05) is 11.4 Å². The van der Waals surface area contributed by atoms with E-state index in [2.05, 4.69) is 30.4 Å². The molecule has 0 saturated heterocycles. The van der Waals surface area contributed by atoms with Crippen LogP contribution in [0.15, 0.2) is 47.5 Å². The number of nitrogens with one attached hydrogen (secondary N) is 1. The van der Waals surface area contributed by atoms with Gasteiger partial charge in [-0.2, -0.15) is 10.2 Å². The molecule has 1 aliphatic rings. The van der Waals surface area contributed by atoms with Crippen molar-refractivity contribution in [1.82, 2.24) is 39.6 Å². The molecule has 0 aliphatic carbocycles. The standard InChI is InChI=1S/C20H17F2N9O/c1-29-9-11(8-25-29)19-26-27-20(32-19)30-6-4-13-16(24-10-23-13)17(30)14-7-15-12(18(21)22)3-2-5-31(15)28-14/h2-3,5,7-10,17-18H,4,6H2,1H3,(H,23,24). The highest BCUT2D eigenvalue weighted by atomic mass is 19.3. The summed E-state index contributed by atoms with van der Waals surface area (Å²) in [6.45, 7) is 0.560. The monoisotopic (exact) mass is 437 g/mol. The Bertz CT molecular complexity index is 1420. The number of imidazole rings is 1. The average Bonchev–Trinajstić information content (AvgIpc) is 3.57. The van der Waals surface area contributed by atoms with Gasteiger partial charge in [-0.3, -0.25) is 4.68 Å². The molecule has 0 spiro atoms. The third-order valence-electron chi connectivity index (χ3n) is 5.61. The third kappa shape index (κ3) is 2.87. The summed E-state index contributed by atoms with van der Waals surface area (Å²) >= 11 is 0. The fourth-order valence-electron chi connectivity index (χ4n) is 4.14. The van der Waals surface area contributed by atoms with E-state index < -0.39 is 12.5 Å². The van der Waals surface area contributed by atoms with Crippen molar-refractivity contribution in [2.24, 2.45) is 7.05 Å². The first-order chi connectivity index (χ1) is 15.6. The Hall–Kier alpha value is -4.09. The maximum absolute atomic E-state index is 13.5. The molecule has 10 nitrogen and oxygen atoms in total. The van der Waals surface area contributed by atoms with Crippen LogP contribution in [0.25, 0.3) is 17.0 Å². The lowest BCUT2D eigenvalue weighted by molar-refractivity contribution is 0.152. The van der Waals surface area contributed by atoms with Crippen LogP contribution >= 0.6 is 0 Å². The number of anilines is 1.